The van der Waals surface area contributed by atoms with E-state index in [-0.39, 0.29) is 5.56 Å². The Morgan fingerprint density at radius 2 is 1.63 bits per heavy atom. The highest BCUT2D eigenvalue weighted by atomic mass is 19.4. The lowest BCUT2D eigenvalue weighted by molar-refractivity contribution is -0.0686. The number of benzene rings is 1. The van der Waals surface area contributed by atoms with Crippen LogP contribution in [0.4, 0.5) is 13.2 Å². The minimum atomic E-state index is -4.34. The van der Waals surface area contributed by atoms with Crippen molar-refractivity contribution in [3.63, 3.8) is 0 Å². The summed E-state index contributed by atoms with van der Waals surface area (Å²) in [5, 5.41) is 0. The summed E-state index contributed by atoms with van der Waals surface area (Å²) in [6.07, 6.45) is 3.03. The summed E-state index contributed by atoms with van der Waals surface area (Å²) in [7, 11) is 0. The number of allylic oxidation sites excluding steroid dienone is 1. The van der Waals surface area contributed by atoms with Crippen molar-refractivity contribution in [1.29, 1.82) is 0 Å². The summed E-state index contributed by atoms with van der Waals surface area (Å²) < 4.78 is 37.5. The first-order chi connectivity index (χ1) is 8.97. The lowest BCUT2D eigenvalue weighted by Gasteiger charge is -2.21. The Balaban J connectivity index is 2.00. The SMILES string of the molecule is C=C(c1ccc(CC2CCCCC2)cc1)C(F)(F)F. The number of hydrogen-bond donors (Lipinski definition) is 0. The van der Waals surface area contributed by atoms with Crippen molar-refractivity contribution in [2.75, 3.05) is 0 Å². The lowest BCUT2D eigenvalue weighted by atomic mass is 9.84. The molecule has 0 nitrogen and oxygen atoms in total. The van der Waals surface area contributed by atoms with Gasteiger partial charge in [-0.3, -0.25) is 0 Å². The predicted octanol–water partition coefficient (Wildman–Crippen LogP) is 5.38. The molecule has 0 N–H and O–H groups in total. The molecule has 0 unspecified atom stereocenters. The Morgan fingerprint density at radius 1 is 1.05 bits per heavy atom. The Kier molecular flexibility index (Phi) is 4.33. The molecule has 1 aromatic rings. The zero-order valence-corrected chi connectivity index (χ0v) is 11.0. The summed E-state index contributed by atoms with van der Waals surface area (Å²) in [4.78, 5) is 0. The van der Waals surface area contributed by atoms with E-state index in [0.717, 1.165) is 12.0 Å². The van der Waals surface area contributed by atoms with Crippen molar-refractivity contribution in [1.82, 2.24) is 0 Å². The van der Waals surface area contributed by atoms with Crippen LogP contribution in [-0.4, -0.2) is 6.18 Å². The van der Waals surface area contributed by atoms with E-state index in [9.17, 15) is 13.2 Å². The van der Waals surface area contributed by atoms with Crippen LogP contribution < -0.4 is 0 Å². The molecule has 19 heavy (non-hydrogen) atoms. The van der Waals surface area contributed by atoms with E-state index in [1.165, 1.54) is 44.2 Å². The zero-order valence-electron chi connectivity index (χ0n) is 11.0. The second-order valence-corrected chi connectivity index (χ2v) is 5.38. The summed E-state index contributed by atoms with van der Waals surface area (Å²) in [5.41, 5.74) is 0.530. The fraction of sp³-hybridized carbons (Fsp3) is 0.500. The molecule has 1 aliphatic rings. The van der Waals surface area contributed by atoms with Crippen molar-refractivity contribution in [3.05, 3.63) is 42.0 Å². The quantitative estimate of drug-likeness (QED) is 0.690. The monoisotopic (exact) mass is 268 g/mol. The highest BCUT2D eigenvalue weighted by molar-refractivity contribution is 5.67. The molecule has 0 bridgehead atoms. The van der Waals surface area contributed by atoms with E-state index in [1.807, 2.05) is 0 Å². The molecule has 0 spiro atoms. The number of rotatable bonds is 3. The molecule has 1 aromatic carbocycles. The first kappa shape index (κ1) is 14.2. The second kappa shape index (κ2) is 5.81. The first-order valence-electron chi connectivity index (χ1n) is 6.82. The smallest absolute Gasteiger partial charge is 0.166 e. The molecule has 0 atom stereocenters. The Hall–Kier alpha value is -1.25. The van der Waals surface area contributed by atoms with E-state index in [0.29, 0.717) is 5.92 Å². The summed E-state index contributed by atoms with van der Waals surface area (Å²) in [5.74, 6) is 0.699. The summed E-state index contributed by atoms with van der Waals surface area (Å²) in [6, 6.07) is 6.68. The summed E-state index contributed by atoms with van der Waals surface area (Å²) >= 11 is 0. The van der Waals surface area contributed by atoms with Crippen molar-refractivity contribution in [2.24, 2.45) is 5.92 Å². The minimum Gasteiger partial charge on any atom is -0.166 e. The van der Waals surface area contributed by atoms with E-state index in [4.69, 9.17) is 0 Å². The van der Waals surface area contributed by atoms with Gasteiger partial charge in [0.15, 0.2) is 0 Å². The third kappa shape index (κ3) is 3.85. The number of alkyl halides is 3. The van der Waals surface area contributed by atoms with Gasteiger partial charge < -0.3 is 0 Å². The van der Waals surface area contributed by atoms with Gasteiger partial charge in [-0.15, -0.1) is 0 Å². The summed E-state index contributed by atoms with van der Waals surface area (Å²) in [6.45, 7) is 3.12. The molecular formula is C16H19F3. The standard InChI is InChI=1S/C16H19F3/c1-12(16(17,18)19)15-9-7-14(8-10-15)11-13-5-3-2-4-6-13/h7-10,13H,1-6,11H2. The molecule has 104 valence electrons. The third-order valence-electron chi connectivity index (χ3n) is 3.89. The van der Waals surface area contributed by atoms with Crippen LogP contribution in [0.25, 0.3) is 5.57 Å². The average Bonchev–Trinajstić information content (AvgIpc) is 2.39. The molecule has 3 heteroatoms. The Bertz CT molecular complexity index is 422. The van der Waals surface area contributed by atoms with E-state index >= 15 is 0 Å². The highest BCUT2D eigenvalue weighted by Gasteiger charge is 2.32. The van der Waals surface area contributed by atoms with Crippen LogP contribution in [0.1, 0.15) is 43.2 Å². The van der Waals surface area contributed by atoms with Gasteiger partial charge in [-0.2, -0.15) is 13.2 Å². The van der Waals surface area contributed by atoms with E-state index in [2.05, 4.69) is 6.58 Å². The van der Waals surface area contributed by atoms with Crippen molar-refractivity contribution in [3.8, 4) is 0 Å². The van der Waals surface area contributed by atoms with Gasteiger partial charge in [-0.05, 0) is 23.5 Å². The largest absolute Gasteiger partial charge is 0.416 e. The molecule has 0 amide bonds. The van der Waals surface area contributed by atoms with Crippen LogP contribution in [0.15, 0.2) is 30.8 Å². The average molecular weight is 268 g/mol. The predicted molar refractivity (Wildman–Crippen MR) is 71.8 cm³/mol. The van der Waals surface area contributed by atoms with Gasteiger partial charge in [0.1, 0.15) is 0 Å². The number of hydrogen-bond acceptors (Lipinski definition) is 0. The van der Waals surface area contributed by atoms with E-state index < -0.39 is 11.7 Å². The molecular weight excluding hydrogens is 249 g/mol. The fourth-order valence-electron chi connectivity index (χ4n) is 2.73. The van der Waals surface area contributed by atoms with Gasteiger partial charge in [-0.25, -0.2) is 0 Å². The zero-order chi connectivity index (χ0) is 13.9. The van der Waals surface area contributed by atoms with Crippen LogP contribution >= 0.6 is 0 Å². The van der Waals surface area contributed by atoms with Crippen molar-refractivity contribution in [2.45, 2.75) is 44.7 Å². The van der Waals surface area contributed by atoms with Gasteiger partial charge in [-0.1, -0.05) is 62.9 Å². The number of halogens is 3. The van der Waals surface area contributed by atoms with Gasteiger partial charge in [0.05, 0.1) is 5.57 Å². The van der Waals surface area contributed by atoms with Crippen LogP contribution in [0, 0.1) is 5.92 Å². The molecule has 1 fully saturated rings. The van der Waals surface area contributed by atoms with Crippen molar-refractivity contribution >= 4 is 5.57 Å². The highest BCUT2D eigenvalue weighted by Crippen LogP contribution is 2.33. The maximum absolute atomic E-state index is 12.5. The second-order valence-electron chi connectivity index (χ2n) is 5.38. The topological polar surface area (TPSA) is 0 Å². The molecule has 0 radical (unpaired) electrons. The normalized spacial score (nSPS) is 17.4. The van der Waals surface area contributed by atoms with Crippen LogP contribution in [-0.2, 0) is 6.42 Å². The van der Waals surface area contributed by atoms with Crippen LogP contribution in [0.3, 0.4) is 0 Å². The molecule has 2 rings (SSSR count). The maximum atomic E-state index is 12.5. The Morgan fingerprint density at radius 3 is 2.16 bits per heavy atom. The van der Waals surface area contributed by atoms with Gasteiger partial charge in [0, 0.05) is 0 Å². The fourth-order valence-corrected chi connectivity index (χ4v) is 2.73. The maximum Gasteiger partial charge on any atom is 0.416 e. The van der Waals surface area contributed by atoms with Crippen LogP contribution in [0.2, 0.25) is 0 Å². The molecule has 0 saturated heterocycles. The lowest BCUT2D eigenvalue weighted by Crippen LogP contribution is -2.10. The van der Waals surface area contributed by atoms with Gasteiger partial charge in [0.25, 0.3) is 0 Å². The van der Waals surface area contributed by atoms with Gasteiger partial charge in [0.2, 0.25) is 0 Å². The first-order valence-corrected chi connectivity index (χ1v) is 6.82. The van der Waals surface area contributed by atoms with Gasteiger partial charge >= 0.3 is 6.18 Å². The molecule has 1 aliphatic carbocycles. The molecule has 0 aromatic heterocycles. The van der Waals surface area contributed by atoms with Crippen LogP contribution in [0.5, 0.6) is 0 Å². The minimum absolute atomic E-state index is 0.167. The van der Waals surface area contributed by atoms with Crippen molar-refractivity contribution < 1.29 is 13.2 Å². The van der Waals surface area contributed by atoms with E-state index in [1.54, 1.807) is 12.1 Å². The molecule has 0 heterocycles. The molecule has 1 saturated carbocycles. The Labute approximate surface area is 112 Å². The molecule has 0 aliphatic heterocycles. The third-order valence-corrected chi connectivity index (χ3v) is 3.89.